The number of unbranched alkanes of at least 4 members (excludes halogenated alkanes) is 6. The monoisotopic (exact) mass is 646 g/mol. The fourth-order valence-electron chi connectivity index (χ4n) is 5.10. The quantitative estimate of drug-likeness (QED) is 0.0559. The first-order chi connectivity index (χ1) is 23.5. The summed E-state index contributed by atoms with van der Waals surface area (Å²) in [5.74, 6) is 1.38. The lowest BCUT2D eigenvalue weighted by atomic mass is 10.0. The number of ether oxygens (including phenoxy) is 3. The third-order valence-electron chi connectivity index (χ3n) is 7.93. The van der Waals surface area contributed by atoms with Crippen molar-refractivity contribution in [2.75, 3.05) is 6.61 Å². The van der Waals surface area contributed by atoms with Crippen LogP contribution in [0.2, 0.25) is 0 Å². The van der Waals surface area contributed by atoms with Crippen LogP contribution in [0, 0.1) is 0 Å². The normalized spacial score (nSPS) is 10.9. The Bertz CT molecular complexity index is 1730. The molecule has 1 aromatic heterocycles. The van der Waals surface area contributed by atoms with Gasteiger partial charge in [0.15, 0.2) is 0 Å². The van der Waals surface area contributed by atoms with Crippen LogP contribution in [0.3, 0.4) is 0 Å². The van der Waals surface area contributed by atoms with Crippen molar-refractivity contribution in [2.24, 2.45) is 0 Å². The molecule has 0 saturated carbocycles. The Morgan fingerprint density at radius 3 is 1.69 bits per heavy atom. The Balaban J connectivity index is 1.11. The standard InChI is InChI=1S/C40H42N2O6/c1-3-5-7-9-11-29-12-14-32(15-13-29)39(43)47-36-26-18-31(19-27-36)38-41-37(42-48-38)30-16-24-35(25-17-30)46-40(44)33-20-22-34(23-21-33)45-28-10-8-6-4-2/h12-27H,3-11,28H2,1-2H3. The predicted octanol–water partition coefficient (Wildman–Crippen LogP) is 9.92. The molecule has 0 N–H and O–H groups in total. The molecule has 0 unspecified atom stereocenters. The summed E-state index contributed by atoms with van der Waals surface area (Å²) in [6.45, 7) is 5.04. The second-order valence-corrected chi connectivity index (χ2v) is 11.7. The summed E-state index contributed by atoms with van der Waals surface area (Å²) in [6, 6.07) is 28.3. The number of esters is 2. The molecule has 0 aliphatic carbocycles. The summed E-state index contributed by atoms with van der Waals surface area (Å²) in [5.41, 5.74) is 3.54. The van der Waals surface area contributed by atoms with Crippen molar-refractivity contribution in [2.45, 2.75) is 71.6 Å². The van der Waals surface area contributed by atoms with Crippen molar-refractivity contribution in [3.8, 4) is 40.1 Å². The number of hydrogen-bond donors (Lipinski definition) is 0. The molecule has 0 fully saturated rings. The van der Waals surface area contributed by atoms with Gasteiger partial charge in [0.2, 0.25) is 5.82 Å². The molecule has 0 amide bonds. The highest BCUT2D eigenvalue weighted by atomic mass is 16.5. The molecule has 0 aliphatic rings. The Kier molecular flexibility index (Phi) is 12.5. The maximum Gasteiger partial charge on any atom is 0.343 e. The molecule has 5 rings (SSSR count). The highest BCUT2D eigenvalue weighted by Crippen LogP contribution is 2.26. The molecule has 4 aromatic carbocycles. The number of carbonyl (C=O) groups is 2. The number of carbonyl (C=O) groups excluding carboxylic acids is 2. The minimum atomic E-state index is -0.459. The Hall–Kier alpha value is -5.24. The molecule has 248 valence electrons. The van der Waals surface area contributed by atoms with E-state index in [-0.39, 0.29) is 0 Å². The van der Waals surface area contributed by atoms with Crippen molar-refractivity contribution in [3.63, 3.8) is 0 Å². The van der Waals surface area contributed by atoms with Gasteiger partial charge in [0.25, 0.3) is 5.89 Å². The third kappa shape index (κ3) is 9.88. The maximum atomic E-state index is 12.7. The van der Waals surface area contributed by atoms with Crippen LogP contribution in [0.1, 0.15) is 91.5 Å². The summed E-state index contributed by atoms with van der Waals surface area (Å²) < 4.78 is 22.4. The van der Waals surface area contributed by atoms with Crippen molar-refractivity contribution in [1.29, 1.82) is 0 Å². The maximum absolute atomic E-state index is 12.7. The van der Waals surface area contributed by atoms with Crippen LogP contribution >= 0.6 is 0 Å². The summed E-state index contributed by atoms with van der Waals surface area (Å²) in [6.07, 6.45) is 10.4. The number of benzene rings is 4. The van der Waals surface area contributed by atoms with Gasteiger partial charge in [-0.15, -0.1) is 0 Å². The zero-order chi connectivity index (χ0) is 33.6. The SMILES string of the molecule is CCCCCCOc1ccc(C(=O)Oc2ccc(-c3noc(-c4ccc(OC(=O)c5ccc(CCCCCC)cc5)cc4)n3)cc2)cc1. The third-order valence-corrected chi connectivity index (χ3v) is 7.93. The summed E-state index contributed by atoms with van der Waals surface area (Å²) >= 11 is 0. The first-order valence-electron chi connectivity index (χ1n) is 16.8. The van der Waals surface area contributed by atoms with Crippen LogP contribution < -0.4 is 14.2 Å². The van der Waals surface area contributed by atoms with Gasteiger partial charge in [-0.1, -0.05) is 69.7 Å². The minimum Gasteiger partial charge on any atom is -0.494 e. The highest BCUT2D eigenvalue weighted by molar-refractivity contribution is 5.91. The van der Waals surface area contributed by atoms with Gasteiger partial charge in [-0.2, -0.15) is 4.98 Å². The van der Waals surface area contributed by atoms with E-state index in [9.17, 15) is 9.59 Å². The van der Waals surface area contributed by atoms with Gasteiger partial charge in [-0.05, 0) is 110 Å². The van der Waals surface area contributed by atoms with Crippen LogP contribution in [0.5, 0.6) is 17.2 Å². The van der Waals surface area contributed by atoms with E-state index in [1.54, 1.807) is 72.8 Å². The van der Waals surface area contributed by atoms with Crippen LogP contribution in [-0.4, -0.2) is 28.7 Å². The molecular weight excluding hydrogens is 604 g/mol. The first-order valence-corrected chi connectivity index (χ1v) is 16.8. The van der Waals surface area contributed by atoms with Gasteiger partial charge >= 0.3 is 11.9 Å². The van der Waals surface area contributed by atoms with Gasteiger partial charge in [-0.25, -0.2) is 9.59 Å². The Morgan fingerprint density at radius 1 is 0.583 bits per heavy atom. The van der Waals surface area contributed by atoms with E-state index >= 15 is 0 Å². The number of aromatic nitrogens is 2. The molecule has 0 bridgehead atoms. The van der Waals surface area contributed by atoms with Crippen LogP contribution in [0.15, 0.2) is 102 Å². The Labute approximate surface area is 282 Å². The zero-order valence-corrected chi connectivity index (χ0v) is 27.7. The summed E-state index contributed by atoms with van der Waals surface area (Å²) in [5, 5.41) is 4.10. The van der Waals surface area contributed by atoms with Crippen LogP contribution in [-0.2, 0) is 6.42 Å². The van der Waals surface area contributed by atoms with E-state index in [1.165, 1.54) is 37.7 Å². The number of aryl methyl sites for hydroxylation is 1. The zero-order valence-electron chi connectivity index (χ0n) is 27.7. The van der Waals surface area contributed by atoms with Crippen LogP contribution in [0.4, 0.5) is 0 Å². The molecule has 8 heteroatoms. The second-order valence-electron chi connectivity index (χ2n) is 11.7. The smallest absolute Gasteiger partial charge is 0.343 e. The van der Waals surface area contributed by atoms with Crippen LogP contribution in [0.25, 0.3) is 22.8 Å². The molecule has 0 aliphatic heterocycles. The van der Waals surface area contributed by atoms with E-state index in [4.69, 9.17) is 18.7 Å². The molecule has 5 aromatic rings. The molecule has 0 atom stereocenters. The highest BCUT2D eigenvalue weighted by Gasteiger charge is 2.14. The lowest BCUT2D eigenvalue weighted by Gasteiger charge is -2.08. The second kappa shape index (κ2) is 17.6. The fraction of sp³-hybridized carbons (Fsp3) is 0.300. The van der Waals surface area contributed by atoms with Gasteiger partial charge in [0.05, 0.1) is 17.7 Å². The van der Waals surface area contributed by atoms with Crippen molar-refractivity contribution < 1.29 is 28.3 Å². The van der Waals surface area contributed by atoms with E-state index in [1.807, 2.05) is 24.3 Å². The average molecular weight is 647 g/mol. The predicted molar refractivity (Wildman–Crippen MR) is 185 cm³/mol. The van der Waals surface area contributed by atoms with Gasteiger partial charge in [0.1, 0.15) is 17.2 Å². The fourth-order valence-corrected chi connectivity index (χ4v) is 5.10. The van der Waals surface area contributed by atoms with Crippen molar-refractivity contribution >= 4 is 11.9 Å². The van der Waals surface area contributed by atoms with Crippen molar-refractivity contribution in [1.82, 2.24) is 10.1 Å². The molecule has 48 heavy (non-hydrogen) atoms. The molecule has 0 radical (unpaired) electrons. The van der Waals surface area contributed by atoms with E-state index in [0.29, 0.717) is 52.1 Å². The number of nitrogens with zero attached hydrogens (tertiary/aromatic N) is 2. The number of rotatable bonds is 17. The molecule has 8 nitrogen and oxygen atoms in total. The summed E-state index contributed by atoms with van der Waals surface area (Å²) in [7, 11) is 0. The largest absolute Gasteiger partial charge is 0.494 e. The molecule has 1 heterocycles. The number of hydrogen-bond acceptors (Lipinski definition) is 8. The first kappa shape index (κ1) is 34.1. The average Bonchev–Trinajstić information content (AvgIpc) is 3.62. The van der Waals surface area contributed by atoms with E-state index in [2.05, 4.69) is 24.0 Å². The molecule has 0 spiro atoms. The van der Waals surface area contributed by atoms with Gasteiger partial charge in [0, 0.05) is 11.1 Å². The van der Waals surface area contributed by atoms with Gasteiger partial charge < -0.3 is 18.7 Å². The van der Waals surface area contributed by atoms with Gasteiger partial charge in [-0.3, -0.25) is 0 Å². The lowest BCUT2D eigenvalue weighted by molar-refractivity contribution is 0.0725. The van der Waals surface area contributed by atoms with E-state index in [0.717, 1.165) is 31.4 Å². The topological polar surface area (TPSA) is 101 Å². The molecule has 0 saturated heterocycles. The minimum absolute atomic E-state index is 0.321. The molecular formula is C40H42N2O6. The van der Waals surface area contributed by atoms with Crippen molar-refractivity contribution in [3.05, 3.63) is 114 Å². The Morgan fingerprint density at radius 2 is 1.10 bits per heavy atom. The van der Waals surface area contributed by atoms with E-state index < -0.39 is 11.9 Å². The lowest BCUT2D eigenvalue weighted by Crippen LogP contribution is -2.08. The summed E-state index contributed by atoms with van der Waals surface area (Å²) in [4.78, 5) is 29.8.